The summed E-state index contributed by atoms with van der Waals surface area (Å²) in [4.78, 5) is 21.0. The molecule has 0 aromatic rings. The second kappa shape index (κ2) is 5.07. The number of aldehydes is 2. The van der Waals surface area contributed by atoms with E-state index >= 15 is 0 Å². The molecule has 0 aromatic heterocycles. The molecule has 12 heavy (non-hydrogen) atoms. The van der Waals surface area contributed by atoms with Gasteiger partial charge < -0.3 is 9.59 Å². The van der Waals surface area contributed by atoms with Gasteiger partial charge in [-0.1, -0.05) is 25.7 Å². The summed E-state index contributed by atoms with van der Waals surface area (Å²) in [7, 11) is 0. The van der Waals surface area contributed by atoms with Gasteiger partial charge in [-0.2, -0.15) is 0 Å². The topological polar surface area (TPSA) is 34.1 Å². The fourth-order valence-electron chi connectivity index (χ4n) is 1.95. The van der Waals surface area contributed by atoms with E-state index in [-0.39, 0.29) is 5.92 Å². The van der Waals surface area contributed by atoms with Gasteiger partial charge in [0.1, 0.15) is 12.6 Å². The SMILES string of the molecule is O=CC(C=O)C1CCCCCC1. The van der Waals surface area contributed by atoms with Crippen LogP contribution in [0, 0.1) is 11.8 Å². The van der Waals surface area contributed by atoms with E-state index in [1.807, 2.05) is 0 Å². The van der Waals surface area contributed by atoms with Crippen LogP contribution in [0.5, 0.6) is 0 Å². The van der Waals surface area contributed by atoms with Crippen LogP contribution < -0.4 is 0 Å². The van der Waals surface area contributed by atoms with E-state index in [2.05, 4.69) is 0 Å². The molecule has 0 aromatic carbocycles. The van der Waals surface area contributed by atoms with E-state index in [9.17, 15) is 9.59 Å². The lowest BCUT2D eigenvalue weighted by Crippen LogP contribution is -2.16. The van der Waals surface area contributed by atoms with Gasteiger partial charge >= 0.3 is 0 Å². The fraction of sp³-hybridized carbons (Fsp3) is 0.800. The van der Waals surface area contributed by atoms with Gasteiger partial charge in [-0.15, -0.1) is 0 Å². The molecule has 0 radical (unpaired) electrons. The van der Waals surface area contributed by atoms with E-state index in [1.165, 1.54) is 25.7 Å². The van der Waals surface area contributed by atoms with Crippen molar-refractivity contribution in [2.45, 2.75) is 38.5 Å². The molecule has 0 atom stereocenters. The highest BCUT2D eigenvalue weighted by Crippen LogP contribution is 2.27. The van der Waals surface area contributed by atoms with Crippen molar-refractivity contribution in [3.63, 3.8) is 0 Å². The molecule has 2 heteroatoms. The van der Waals surface area contributed by atoms with Crippen LogP contribution in [0.1, 0.15) is 38.5 Å². The highest BCUT2D eigenvalue weighted by molar-refractivity contribution is 5.77. The van der Waals surface area contributed by atoms with Crippen molar-refractivity contribution in [3.05, 3.63) is 0 Å². The van der Waals surface area contributed by atoms with Gasteiger partial charge in [0, 0.05) is 0 Å². The molecular weight excluding hydrogens is 152 g/mol. The molecule has 1 rings (SSSR count). The number of carbonyl (C=O) groups excluding carboxylic acids is 2. The van der Waals surface area contributed by atoms with Crippen molar-refractivity contribution in [2.24, 2.45) is 11.8 Å². The van der Waals surface area contributed by atoms with Crippen LogP contribution in [0.15, 0.2) is 0 Å². The summed E-state index contributed by atoms with van der Waals surface area (Å²) in [5.74, 6) is 0.00519. The molecule has 1 saturated carbocycles. The molecule has 68 valence electrons. The molecule has 0 saturated heterocycles. The van der Waals surface area contributed by atoms with Crippen molar-refractivity contribution >= 4 is 12.6 Å². The average Bonchev–Trinajstić information content (AvgIpc) is 2.35. The normalized spacial score (nSPS) is 20.4. The Morgan fingerprint density at radius 3 is 1.83 bits per heavy atom. The molecular formula is C10H16O2. The Hall–Kier alpha value is -0.660. The van der Waals surface area contributed by atoms with Crippen LogP contribution in [-0.2, 0) is 9.59 Å². The number of hydrogen-bond donors (Lipinski definition) is 0. The van der Waals surface area contributed by atoms with E-state index in [0.29, 0.717) is 5.92 Å². The molecule has 0 bridgehead atoms. The monoisotopic (exact) mass is 168 g/mol. The quantitative estimate of drug-likeness (QED) is 0.367. The Labute approximate surface area is 73.3 Å². The van der Waals surface area contributed by atoms with Gasteiger partial charge in [0.2, 0.25) is 0 Å². The number of carbonyl (C=O) groups is 2. The first-order valence-electron chi connectivity index (χ1n) is 4.79. The highest BCUT2D eigenvalue weighted by Gasteiger charge is 2.21. The van der Waals surface area contributed by atoms with Crippen molar-refractivity contribution in [1.82, 2.24) is 0 Å². The van der Waals surface area contributed by atoms with E-state index in [1.54, 1.807) is 0 Å². The maximum Gasteiger partial charge on any atom is 0.130 e. The summed E-state index contributed by atoms with van der Waals surface area (Å²) < 4.78 is 0. The summed E-state index contributed by atoms with van der Waals surface area (Å²) >= 11 is 0. The molecule has 1 aliphatic carbocycles. The third-order valence-corrected chi connectivity index (χ3v) is 2.76. The molecule has 0 unspecified atom stereocenters. The Kier molecular flexibility index (Phi) is 3.98. The maximum atomic E-state index is 10.5. The zero-order chi connectivity index (χ0) is 8.81. The van der Waals surface area contributed by atoms with Gasteiger partial charge in [-0.25, -0.2) is 0 Å². The zero-order valence-corrected chi connectivity index (χ0v) is 7.37. The predicted molar refractivity (Wildman–Crippen MR) is 46.8 cm³/mol. The minimum absolute atomic E-state index is 0.330. The van der Waals surface area contributed by atoms with Gasteiger partial charge in [0.25, 0.3) is 0 Å². The summed E-state index contributed by atoms with van der Waals surface area (Å²) in [6, 6.07) is 0. The Balaban J connectivity index is 2.45. The average molecular weight is 168 g/mol. The Bertz CT molecular complexity index is 138. The Morgan fingerprint density at radius 1 is 0.917 bits per heavy atom. The fourth-order valence-corrected chi connectivity index (χ4v) is 1.95. The van der Waals surface area contributed by atoms with Crippen molar-refractivity contribution in [1.29, 1.82) is 0 Å². The lowest BCUT2D eigenvalue weighted by Gasteiger charge is -2.15. The van der Waals surface area contributed by atoms with Crippen LogP contribution in [0.25, 0.3) is 0 Å². The smallest absolute Gasteiger partial charge is 0.130 e. The molecule has 2 nitrogen and oxygen atoms in total. The third kappa shape index (κ3) is 2.43. The van der Waals surface area contributed by atoms with Crippen molar-refractivity contribution < 1.29 is 9.59 Å². The van der Waals surface area contributed by atoms with Crippen LogP contribution in [0.2, 0.25) is 0 Å². The minimum atomic E-state index is -0.330. The largest absolute Gasteiger partial charge is 0.303 e. The van der Waals surface area contributed by atoms with E-state index in [4.69, 9.17) is 0 Å². The number of rotatable bonds is 3. The van der Waals surface area contributed by atoms with Gasteiger partial charge in [0.15, 0.2) is 0 Å². The summed E-state index contributed by atoms with van der Waals surface area (Å²) in [5, 5.41) is 0. The minimum Gasteiger partial charge on any atom is -0.303 e. The molecule has 0 aliphatic heterocycles. The maximum absolute atomic E-state index is 10.5. The summed E-state index contributed by atoms with van der Waals surface area (Å²) in [5.41, 5.74) is 0. The molecule has 1 aliphatic rings. The lowest BCUT2D eigenvalue weighted by atomic mass is 9.88. The van der Waals surface area contributed by atoms with Gasteiger partial charge in [-0.05, 0) is 18.8 Å². The first-order valence-corrected chi connectivity index (χ1v) is 4.79. The first kappa shape index (κ1) is 9.43. The standard InChI is InChI=1S/C10H16O2/c11-7-10(8-12)9-5-3-1-2-4-6-9/h7-10H,1-6H2. The van der Waals surface area contributed by atoms with E-state index in [0.717, 1.165) is 25.4 Å². The third-order valence-electron chi connectivity index (χ3n) is 2.76. The highest BCUT2D eigenvalue weighted by atomic mass is 16.1. The Morgan fingerprint density at radius 2 is 1.42 bits per heavy atom. The van der Waals surface area contributed by atoms with Crippen molar-refractivity contribution in [3.8, 4) is 0 Å². The van der Waals surface area contributed by atoms with Gasteiger partial charge in [-0.3, -0.25) is 0 Å². The second-order valence-corrected chi connectivity index (χ2v) is 3.60. The zero-order valence-electron chi connectivity index (χ0n) is 7.37. The summed E-state index contributed by atoms with van der Waals surface area (Å²) in [6.07, 6.45) is 8.63. The van der Waals surface area contributed by atoms with Crippen LogP contribution in [0.3, 0.4) is 0 Å². The number of hydrogen-bond acceptors (Lipinski definition) is 2. The van der Waals surface area contributed by atoms with Crippen LogP contribution in [-0.4, -0.2) is 12.6 Å². The van der Waals surface area contributed by atoms with Gasteiger partial charge in [0.05, 0.1) is 5.92 Å². The van der Waals surface area contributed by atoms with Crippen LogP contribution >= 0.6 is 0 Å². The first-order chi connectivity index (χ1) is 5.88. The predicted octanol–water partition coefficient (Wildman–Crippen LogP) is 1.97. The molecule has 1 fully saturated rings. The lowest BCUT2D eigenvalue weighted by molar-refractivity contribution is -0.121. The summed E-state index contributed by atoms with van der Waals surface area (Å²) in [6.45, 7) is 0. The van der Waals surface area contributed by atoms with Crippen LogP contribution in [0.4, 0.5) is 0 Å². The van der Waals surface area contributed by atoms with E-state index < -0.39 is 0 Å². The van der Waals surface area contributed by atoms with Crippen molar-refractivity contribution in [2.75, 3.05) is 0 Å². The molecule has 0 spiro atoms. The molecule has 0 heterocycles. The second-order valence-electron chi connectivity index (χ2n) is 3.60. The molecule has 0 N–H and O–H groups in total. The molecule has 0 amide bonds.